The number of aliphatic hydroxyl groups excluding tert-OH is 1. The number of amides is 1. The maximum Gasteiger partial charge on any atom is 0.294 e. The van der Waals surface area contributed by atoms with Gasteiger partial charge >= 0.3 is 0 Å². The smallest absolute Gasteiger partial charge is 0.294 e. The molecule has 5 heteroatoms. The number of anilines is 1. The second-order valence-corrected chi connectivity index (χ2v) is 7.87. The molecule has 1 atom stereocenters. The van der Waals surface area contributed by atoms with Gasteiger partial charge in [0, 0.05) is 34.8 Å². The highest BCUT2D eigenvalue weighted by atomic mass is 16.3. The van der Waals surface area contributed by atoms with Gasteiger partial charge in [0.2, 0.25) is 0 Å². The number of aryl methyl sites for hydroxylation is 1. The van der Waals surface area contributed by atoms with Crippen molar-refractivity contribution < 1.29 is 14.7 Å². The summed E-state index contributed by atoms with van der Waals surface area (Å²) < 4.78 is 0. The Morgan fingerprint density at radius 3 is 2.31 bits per heavy atom. The summed E-state index contributed by atoms with van der Waals surface area (Å²) in [5.74, 6) is -1.26. The van der Waals surface area contributed by atoms with Crippen molar-refractivity contribution in [1.29, 1.82) is 0 Å². The van der Waals surface area contributed by atoms with Crippen molar-refractivity contribution in [2.45, 2.75) is 18.9 Å². The van der Waals surface area contributed by atoms with Crippen LogP contribution in [0.2, 0.25) is 0 Å². The summed E-state index contributed by atoms with van der Waals surface area (Å²) in [5, 5.41) is 11.8. The summed E-state index contributed by atoms with van der Waals surface area (Å²) in [7, 11) is 0. The lowest BCUT2D eigenvalue weighted by Crippen LogP contribution is -2.30. The van der Waals surface area contributed by atoms with Crippen molar-refractivity contribution in [3.8, 4) is 0 Å². The van der Waals surface area contributed by atoms with Crippen molar-refractivity contribution in [2.24, 2.45) is 0 Å². The normalized spacial score (nSPS) is 16.2. The number of aliphatic hydroxyl groups is 1. The molecule has 3 aromatic carbocycles. The number of Topliss-reactive ketones (excluding diaryl/α,β-unsaturated/α-hetero) is 1. The van der Waals surface area contributed by atoms with E-state index >= 15 is 0 Å². The minimum absolute atomic E-state index is 0.152. The van der Waals surface area contributed by atoms with Crippen molar-refractivity contribution in [1.82, 2.24) is 4.98 Å². The second kappa shape index (κ2) is 8.19. The number of benzene rings is 3. The number of para-hydroxylation sites is 2. The van der Waals surface area contributed by atoms with Crippen LogP contribution >= 0.6 is 0 Å². The number of hydrogen-bond donors (Lipinski definition) is 2. The Morgan fingerprint density at radius 1 is 0.906 bits per heavy atom. The van der Waals surface area contributed by atoms with E-state index in [-0.39, 0.29) is 17.8 Å². The van der Waals surface area contributed by atoms with Crippen LogP contribution in [-0.2, 0) is 16.0 Å². The highest BCUT2D eigenvalue weighted by Gasteiger charge is 2.44. The number of rotatable bonds is 6. The lowest BCUT2D eigenvalue weighted by Gasteiger charge is -2.26. The lowest BCUT2D eigenvalue weighted by molar-refractivity contribution is -0.118. The fourth-order valence-electron chi connectivity index (χ4n) is 4.40. The Morgan fingerprint density at radius 2 is 1.56 bits per heavy atom. The molecule has 158 valence electrons. The van der Waals surface area contributed by atoms with Crippen molar-refractivity contribution in [2.75, 3.05) is 4.90 Å². The molecule has 32 heavy (non-hydrogen) atoms. The Hall–Kier alpha value is -4.12. The Labute approximate surface area is 185 Å². The second-order valence-electron chi connectivity index (χ2n) is 7.87. The maximum atomic E-state index is 13.4. The zero-order valence-corrected chi connectivity index (χ0v) is 17.4. The Bertz CT molecular complexity index is 1320. The zero-order chi connectivity index (χ0) is 22.1. The molecule has 2 heterocycles. The van der Waals surface area contributed by atoms with Gasteiger partial charge in [-0.25, -0.2) is 0 Å². The molecule has 4 aromatic rings. The third-order valence-corrected chi connectivity index (χ3v) is 5.94. The van der Waals surface area contributed by atoms with Crippen molar-refractivity contribution in [3.63, 3.8) is 0 Å². The fourth-order valence-corrected chi connectivity index (χ4v) is 4.40. The number of H-pyrrole nitrogens is 1. The minimum Gasteiger partial charge on any atom is -0.503 e. The number of ketones is 1. The molecule has 0 saturated heterocycles. The molecule has 1 amide bonds. The molecular formula is C27H22N2O3. The van der Waals surface area contributed by atoms with Crippen LogP contribution in [0.1, 0.15) is 23.6 Å². The van der Waals surface area contributed by atoms with Crippen LogP contribution < -0.4 is 4.90 Å². The van der Waals surface area contributed by atoms with Gasteiger partial charge in [0.15, 0.2) is 11.5 Å². The third kappa shape index (κ3) is 3.38. The number of nitrogens with zero attached hydrogens (tertiary/aromatic N) is 1. The highest BCUT2D eigenvalue weighted by Crippen LogP contribution is 2.43. The van der Waals surface area contributed by atoms with Gasteiger partial charge in [-0.2, -0.15) is 0 Å². The SMILES string of the molecule is O=C(CCc1ccccc1)C1=C(O)C(=O)N(c2ccccc2)C1c1c[nH]c2ccccc12. The molecule has 1 unspecified atom stereocenters. The van der Waals surface area contributed by atoms with Gasteiger partial charge in [-0.15, -0.1) is 0 Å². The van der Waals surface area contributed by atoms with E-state index in [1.54, 1.807) is 0 Å². The maximum absolute atomic E-state index is 13.4. The summed E-state index contributed by atoms with van der Waals surface area (Å²) in [5.41, 5.74) is 3.51. The standard InChI is InChI=1S/C27H22N2O3/c30-23(16-15-18-9-3-1-4-10-18)24-25(21-17-28-22-14-8-7-13-20(21)22)29(27(32)26(24)31)19-11-5-2-6-12-19/h1-14,17,25,28,31H,15-16H2. The molecule has 0 spiro atoms. The third-order valence-electron chi connectivity index (χ3n) is 5.94. The zero-order valence-electron chi connectivity index (χ0n) is 17.4. The van der Waals surface area contributed by atoms with Crippen LogP contribution in [0.15, 0.2) is 102 Å². The van der Waals surface area contributed by atoms with E-state index in [9.17, 15) is 14.7 Å². The first-order valence-corrected chi connectivity index (χ1v) is 10.6. The Balaban J connectivity index is 1.58. The predicted molar refractivity (Wildman–Crippen MR) is 124 cm³/mol. The van der Waals surface area contributed by atoms with Crippen LogP contribution in [0.3, 0.4) is 0 Å². The average Bonchev–Trinajstić information content (AvgIpc) is 3.37. The first-order valence-electron chi connectivity index (χ1n) is 10.6. The number of carbonyl (C=O) groups is 2. The molecule has 0 bridgehead atoms. The molecule has 1 aliphatic heterocycles. The number of fused-ring (bicyclic) bond motifs is 1. The van der Waals surface area contributed by atoms with E-state index in [0.717, 1.165) is 22.0 Å². The molecule has 0 aliphatic carbocycles. The van der Waals surface area contributed by atoms with E-state index in [1.165, 1.54) is 4.90 Å². The number of nitrogens with one attached hydrogen (secondary N) is 1. The van der Waals surface area contributed by atoms with Gasteiger partial charge in [-0.05, 0) is 30.2 Å². The van der Waals surface area contributed by atoms with Crippen LogP contribution in [0.25, 0.3) is 10.9 Å². The van der Waals surface area contributed by atoms with E-state index in [2.05, 4.69) is 4.98 Å². The van der Waals surface area contributed by atoms with Gasteiger partial charge < -0.3 is 10.1 Å². The first kappa shape index (κ1) is 19.8. The molecule has 5 rings (SSSR count). The Kier molecular flexibility index (Phi) is 5.07. The van der Waals surface area contributed by atoms with E-state index in [0.29, 0.717) is 12.1 Å². The van der Waals surface area contributed by atoms with Gasteiger partial charge in [0.25, 0.3) is 5.91 Å². The highest BCUT2D eigenvalue weighted by molar-refractivity contribution is 6.17. The van der Waals surface area contributed by atoms with Gasteiger partial charge in [0.1, 0.15) is 0 Å². The largest absolute Gasteiger partial charge is 0.503 e. The molecule has 0 saturated carbocycles. The summed E-state index contributed by atoms with van der Waals surface area (Å²) in [6.45, 7) is 0. The molecule has 2 N–H and O–H groups in total. The molecule has 1 aromatic heterocycles. The van der Waals surface area contributed by atoms with Gasteiger partial charge in [-0.3, -0.25) is 14.5 Å². The summed E-state index contributed by atoms with van der Waals surface area (Å²) in [6, 6.07) is 25.9. The van der Waals surface area contributed by atoms with Gasteiger partial charge in [-0.1, -0.05) is 66.7 Å². The van der Waals surface area contributed by atoms with Crippen LogP contribution in [0.5, 0.6) is 0 Å². The summed E-state index contributed by atoms with van der Waals surface area (Å²) in [4.78, 5) is 31.3. The predicted octanol–water partition coefficient (Wildman–Crippen LogP) is 5.27. The van der Waals surface area contributed by atoms with Crippen molar-refractivity contribution >= 4 is 28.3 Å². The lowest BCUT2D eigenvalue weighted by atomic mass is 9.92. The molecule has 1 aliphatic rings. The van der Waals surface area contributed by atoms with Gasteiger partial charge in [0.05, 0.1) is 11.6 Å². The summed E-state index contributed by atoms with van der Waals surface area (Å²) >= 11 is 0. The fraction of sp³-hybridized carbons (Fsp3) is 0.111. The van der Waals surface area contributed by atoms with E-state index in [4.69, 9.17) is 0 Å². The quantitative estimate of drug-likeness (QED) is 0.445. The average molecular weight is 422 g/mol. The van der Waals surface area contributed by atoms with Crippen LogP contribution in [0.4, 0.5) is 5.69 Å². The molecule has 0 radical (unpaired) electrons. The minimum atomic E-state index is -0.704. The van der Waals surface area contributed by atoms with E-state index < -0.39 is 17.7 Å². The number of aromatic nitrogens is 1. The van der Waals surface area contributed by atoms with Crippen LogP contribution in [0, 0.1) is 0 Å². The number of carbonyl (C=O) groups excluding carboxylic acids is 2. The number of hydrogen-bond acceptors (Lipinski definition) is 3. The van der Waals surface area contributed by atoms with Crippen LogP contribution in [-0.4, -0.2) is 21.8 Å². The monoisotopic (exact) mass is 422 g/mol. The van der Waals surface area contributed by atoms with E-state index in [1.807, 2.05) is 91.1 Å². The summed E-state index contributed by atoms with van der Waals surface area (Å²) in [6.07, 6.45) is 2.57. The molecule has 5 nitrogen and oxygen atoms in total. The molecule has 0 fully saturated rings. The molecular weight excluding hydrogens is 400 g/mol. The number of aromatic amines is 1. The first-order chi connectivity index (χ1) is 15.6. The van der Waals surface area contributed by atoms with Crippen molar-refractivity contribution in [3.05, 3.63) is 114 Å². The topological polar surface area (TPSA) is 73.4 Å².